The van der Waals surface area contributed by atoms with Crippen molar-refractivity contribution in [2.24, 2.45) is 23.7 Å². The first-order chi connectivity index (χ1) is 22.5. The number of halogens is 2. The number of hydrogen-bond donors (Lipinski definition) is 2. The molecule has 11 heteroatoms. The standard InChI is InChI=1S/C36H33Cl2N3O6/c1-4-40-32(43)23-14-13-22-25(29(23)34(40)45)17-26-33(44)41(39-28-15-10-20(37)16-27(28)38)35(46)36(26,19-8-11-21(47-3)12-9-19)30(22)24-7-5-6-18(2)31(24)42/h5-13,15-16,23,25-26,29-30,39,42H,4,14,17H2,1-3H3. The number of fused-ring (bicyclic) bond motifs is 4. The fourth-order valence-electron chi connectivity index (χ4n) is 8.48. The van der Waals surface area contributed by atoms with Gasteiger partial charge in [-0.15, -0.1) is 0 Å². The quantitative estimate of drug-likeness (QED) is 0.243. The number of nitrogens with one attached hydrogen (secondary N) is 1. The van der Waals surface area contributed by atoms with Gasteiger partial charge in [0.1, 0.15) is 11.5 Å². The Balaban J connectivity index is 1.48. The van der Waals surface area contributed by atoms with E-state index in [4.69, 9.17) is 27.9 Å². The molecule has 1 saturated carbocycles. The Morgan fingerprint density at radius 2 is 1.72 bits per heavy atom. The molecule has 0 aromatic heterocycles. The van der Waals surface area contributed by atoms with Crippen LogP contribution in [0.5, 0.6) is 11.5 Å². The fraction of sp³-hybridized carbons (Fsp3) is 0.333. The van der Waals surface area contributed by atoms with Crippen molar-refractivity contribution >= 4 is 52.5 Å². The van der Waals surface area contributed by atoms with E-state index in [9.17, 15) is 19.5 Å². The van der Waals surface area contributed by atoms with Gasteiger partial charge in [-0.05, 0) is 74.1 Å². The molecule has 242 valence electrons. The number of para-hydroxylation sites is 1. The Kier molecular flexibility index (Phi) is 7.60. The summed E-state index contributed by atoms with van der Waals surface area (Å²) in [5.41, 5.74) is 4.15. The zero-order chi connectivity index (χ0) is 33.4. The fourth-order valence-corrected chi connectivity index (χ4v) is 8.93. The van der Waals surface area contributed by atoms with E-state index >= 15 is 4.79 Å². The number of carbonyl (C=O) groups is 4. The Bertz CT molecular complexity index is 1880. The van der Waals surface area contributed by atoms with Crippen molar-refractivity contribution in [1.29, 1.82) is 0 Å². The summed E-state index contributed by atoms with van der Waals surface area (Å²) >= 11 is 12.6. The van der Waals surface area contributed by atoms with Crippen LogP contribution in [0.15, 0.2) is 72.3 Å². The van der Waals surface area contributed by atoms with Crippen molar-refractivity contribution in [3.8, 4) is 11.5 Å². The molecular formula is C36H33Cl2N3O6. The summed E-state index contributed by atoms with van der Waals surface area (Å²) in [6, 6.07) is 17.1. The number of amides is 4. The van der Waals surface area contributed by atoms with Crippen LogP contribution < -0.4 is 10.2 Å². The van der Waals surface area contributed by atoms with E-state index in [0.717, 1.165) is 10.6 Å². The number of nitrogens with zero attached hydrogens (tertiary/aromatic N) is 2. The highest BCUT2D eigenvalue weighted by molar-refractivity contribution is 6.36. The smallest absolute Gasteiger partial charge is 0.260 e. The summed E-state index contributed by atoms with van der Waals surface area (Å²) in [6.07, 6.45) is 2.43. The minimum absolute atomic E-state index is 0.00391. The predicted molar refractivity (Wildman–Crippen MR) is 176 cm³/mol. The lowest BCUT2D eigenvalue weighted by Crippen LogP contribution is -2.53. The number of rotatable bonds is 6. The van der Waals surface area contributed by atoms with Gasteiger partial charge in [-0.2, -0.15) is 5.01 Å². The Hall–Kier alpha value is -4.34. The normalized spacial score (nSPS) is 28.2. The number of hydrogen-bond acceptors (Lipinski definition) is 7. The lowest BCUT2D eigenvalue weighted by atomic mass is 9.49. The predicted octanol–water partition coefficient (Wildman–Crippen LogP) is 6.02. The van der Waals surface area contributed by atoms with Gasteiger partial charge in [-0.25, -0.2) is 0 Å². The van der Waals surface area contributed by atoms with Crippen LogP contribution in [-0.4, -0.2) is 52.3 Å². The first-order valence-electron chi connectivity index (χ1n) is 15.6. The molecule has 6 unspecified atom stereocenters. The summed E-state index contributed by atoms with van der Waals surface area (Å²) < 4.78 is 5.43. The summed E-state index contributed by atoms with van der Waals surface area (Å²) in [6.45, 7) is 3.80. The Morgan fingerprint density at radius 3 is 2.40 bits per heavy atom. The molecule has 0 radical (unpaired) electrons. The zero-order valence-electron chi connectivity index (χ0n) is 26.0. The third-order valence-electron chi connectivity index (χ3n) is 10.6. The number of allylic oxidation sites excluding steroid dienone is 2. The van der Waals surface area contributed by atoms with Gasteiger partial charge < -0.3 is 9.84 Å². The minimum Gasteiger partial charge on any atom is -0.507 e. The largest absolute Gasteiger partial charge is 0.507 e. The monoisotopic (exact) mass is 673 g/mol. The highest BCUT2D eigenvalue weighted by Gasteiger charge is 2.70. The molecule has 9 nitrogen and oxygen atoms in total. The maximum atomic E-state index is 15.2. The van der Waals surface area contributed by atoms with Crippen LogP contribution in [0.4, 0.5) is 5.69 Å². The van der Waals surface area contributed by atoms with Crippen LogP contribution in [0.25, 0.3) is 0 Å². The van der Waals surface area contributed by atoms with E-state index in [1.165, 1.54) is 11.0 Å². The number of hydrazine groups is 1. The lowest BCUT2D eigenvalue weighted by Gasteiger charge is -2.50. The molecule has 4 amide bonds. The van der Waals surface area contributed by atoms with Gasteiger partial charge in [0, 0.05) is 23.0 Å². The van der Waals surface area contributed by atoms with Crippen molar-refractivity contribution in [3.63, 3.8) is 0 Å². The van der Waals surface area contributed by atoms with Crippen LogP contribution in [0, 0.1) is 30.6 Å². The molecule has 2 saturated heterocycles. The topological polar surface area (TPSA) is 116 Å². The summed E-state index contributed by atoms with van der Waals surface area (Å²) in [7, 11) is 1.55. The molecule has 4 aliphatic rings. The first-order valence-corrected chi connectivity index (χ1v) is 16.4. The molecule has 3 aromatic rings. The summed E-state index contributed by atoms with van der Waals surface area (Å²) in [4.78, 5) is 58.4. The van der Waals surface area contributed by atoms with E-state index in [0.29, 0.717) is 39.6 Å². The number of methoxy groups -OCH3 is 1. The lowest BCUT2D eigenvalue weighted by molar-refractivity contribution is -0.141. The van der Waals surface area contributed by atoms with Crippen LogP contribution in [-0.2, 0) is 24.6 Å². The third-order valence-corrected chi connectivity index (χ3v) is 11.1. The summed E-state index contributed by atoms with van der Waals surface area (Å²) in [5.74, 6) is -4.49. The zero-order valence-corrected chi connectivity index (χ0v) is 27.5. The number of aryl methyl sites for hydroxylation is 1. The molecule has 6 atom stereocenters. The van der Waals surface area contributed by atoms with Gasteiger partial charge in [0.2, 0.25) is 11.8 Å². The molecule has 3 aromatic carbocycles. The van der Waals surface area contributed by atoms with Gasteiger partial charge in [0.05, 0.1) is 41.0 Å². The van der Waals surface area contributed by atoms with E-state index in [2.05, 4.69) is 5.43 Å². The molecule has 3 fully saturated rings. The molecule has 2 heterocycles. The number of anilines is 1. The second-order valence-corrected chi connectivity index (χ2v) is 13.5. The molecule has 2 aliphatic carbocycles. The maximum absolute atomic E-state index is 15.2. The first kappa shape index (κ1) is 31.3. The van der Waals surface area contributed by atoms with Crippen LogP contribution in [0.1, 0.15) is 42.4 Å². The molecule has 0 spiro atoms. The highest BCUT2D eigenvalue weighted by Crippen LogP contribution is 2.65. The van der Waals surface area contributed by atoms with Gasteiger partial charge in [-0.1, -0.05) is 65.2 Å². The number of likely N-dealkylation sites (tertiary alicyclic amines) is 1. The van der Waals surface area contributed by atoms with E-state index in [1.54, 1.807) is 69.5 Å². The highest BCUT2D eigenvalue weighted by atomic mass is 35.5. The average Bonchev–Trinajstić information content (AvgIpc) is 3.44. The number of ether oxygens (including phenoxy) is 1. The van der Waals surface area contributed by atoms with Gasteiger partial charge in [0.25, 0.3) is 11.8 Å². The number of aromatic hydroxyl groups is 1. The maximum Gasteiger partial charge on any atom is 0.260 e. The Morgan fingerprint density at radius 1 is 0.979 bits per heavy atom. The van der Waals surface area contributed by atoms with E-state index in [-0.39, 0.29) is 35.6 Å². The second kappa shape index (κ2) is 11.4. The number of phenols is 1. The van der Waals surface area contributed by atoms with Crippen molar-refractivity contribution in [2.45, 2.75) is 38.0 Å². The number of phenolic OH excluding ortho intramolecular Hbond substituents is 1. The molecular weight excluding hydrogens is 641 g/mol. The van der Waals surface area contributed by atoms with Crippen molar-refractivity contribution in [1.82, 2.24) is 9.91 Å². The van der Waals surface area contributed by atoms with Crippen LogP contribution in [0.3, 0.4) is 0 Å². The molecule has 47 heavy (non-hydrogen) atoms. The number of benzene rings is 3. The van der Waals surface area contributed by atoms with E-state index in [1.807, 2.05) is 12.1 Å². The molecule has 2 N–H and O–H groups in total. The average molecular weight is 675 g/mol. The van der Waals surface area contributed by atoms with E-state index < -0.39 is 46.8 Å². The second-order valence-electron chi connectivity index (χ2n) is 12.6. The molecule has 0 bridgehead atoms. The van der Waals surface area contributed by atoms with Gasteiger partial charge in [-0.3, -0.25) is 29.5 Å². The number of imide groups is 2. The van der Waals surface area contributed by atoms with Crippen molar-refractivity contribution < 1.29 is 29.0 Å². The molecule has 2 aliphatic heterocycles. The minimum atomic E-state index is -1.54. The van der Waals surface area contributed by atoms with Crippen LogP contribution >= 0.6 is 23.2 Å². The van der Waals surface area contributed by atoms with Crippen molar-refractivity contribution in [3.05, 3.63) is 99.0 Å². The number of carbonyl (C=O) groups excluding carboxylic acids is 4. The third kappa shape index (κ3) is 4.43. The van der Waals surface area contributed by atoms with Gasteiger partial charge in [0.15, 0.2) is 0 Å². The van der Waals surface area contributed by atoms with Crippen LogP contribution in [0.2, 0.25) is 10.0 Å². The molecule has 7 rings (SSSR count). The van der Waals surface area contributed by atoms with Gasteiger partial charge >= 0.3 is 0 Å². The SMILES string of the molecule is CCN1C(=O)C2CC=C3C(CC4C(=O)N(Nc5ccc(Cl)cc5Cl)C(=O)C4(c4ccc(OC)cc4)C3c3cccc(C)c3O)C2C1=O. The van der Waals surface area contributed by atoms with Crippen molar-refractivity contribution in [2.75, 3.05) is 19.1 Å². The Labute approximate surface area is 282 Å². The summed E-state index contributed by atoms with van der Waals surface area (Å²) in [5, 5.41) is 13.3.